The molecule has 0 saturated carbocycles. The fourth-order valence-electron chi connectivity index (χ4n) is 2.35. The van der Waals surface area contributed by atoms with Crippen LogP contribution in [-0.4, -0.2) is 19.6 Å². The van der Waals surface area contributed by atoms with Crippen molar-refractivity contribution in [2.45, 2.75) is 26.2 Å². The first kappa shape index (κ1) is 10.5. The first-order valence-corrected chi connectivity index (χ1v) is 5.92. The molecule has 0 amide bonds. The molecule has 1 aromatic rings. The van der Waals surface area contributed by atoms with E-state index in [4.69, 9.17) is 5.73 Å². The summed E-state index contributed by atoms with van der Waals surface area (Å²) in [5.41, 5.74) is 9.91. The molecule has 0 bridgehead atoms. The predicted molar refractivity (Wildman–Crippen MR) is 65.4 cm³/mol. The van der Waals surface area contributed by atoms with Gasteiger partial charge in [0.2, 0.25) is 0 Å². The molecule has 0 atom stereocenters. The predicted octanol–water partition coefficient (Wildman–Crippen LogP) is 1.96. The van der Waals surface area contributed by atoms with Crippen LogP contribution in [0.4, 0.5) is 5.69 Å². The van der Waals surface area contributed by atoms with Gasteiger partial charge in [0.05, 0.1) is 0 Å². The zero-order valence-corrected chi connectivity index (χ0v) is 9.50. The number of anilines is 1. The number of hydrogen-bond donors (Lipinski definition) is 1. The van der Waals surface area contributed by atoms with E-state index in [9.17, 15) is 0 Å². The van der Waals surface area contributed by atoms with Crippen LogP contribution in [0, 0.1) is 0 Å². The molecule has 0 radical (unpaired) electrons. The van der Waals surface area contributed by atoms with Gasteiger partial charge >= 0.3 is 0 Å². The Balaban J connectivity index is 2.30. The van der Waals surface area contributed by atoms with E-state index >= 15 is 0 Å². The number of aryl methyl sites for hydroxylation is 1. The highest BCUT2D eigenvalue weighted by Gasteiger charge is 2.15. The minimum atomic E-state index is 0.741. The van der Waals surface area contributed by atoms with Crippen LogP contribution in [0.15, 0.2) is 18.2 Å². The maximum absolute atomic E-state index is 5.59. The number of rotatable bonds is 3. The highest BCUT2D eigenvalue weighted by Crippen LogP contribution is 2.27. The van der Waals surface area contributed by atoms with Gasteiger partial charge in [-0.3, -0.25) is 0 Å². The van der Waals surface area contributed by atoms with Gasteiger partial charge in [-0.15, -0.1) is 0 Å². The third-order valence-corrected chi connectivity index (χ3v) is 3.18. The lowest BCUT2D eigenvalue weighted by Crippen LogP contribution is -2.29. The summed E-state index contributed by atoms with van der Waals surface area (Å²) in [5.74, 6) is 0. The second-order valence-electron chi connectivity index (χ2n) is 4.18. The lowest BCUT2D eigenvalue weighted by Gasteiger charge is -2.30. The van der Waals surface area contributed by atoms with E-state index in [2.05, 4.69) is 30.0 Å². The van der Waals surface area contributed by atoms with Crippen LogP contribution in [0.25, 0.3) is 0 Å². The molecule has 82 valence electrons. The minimum absolute atomic E-state index is 0.741. The fourth-order valence-corrected chi connectivity index (χ4v) is 2.35. The third-order valence-electron chi connectivity index (χ3n) is 3.18. The Labute approximate surface area is 92.1 Å². The lowest BCUT2D eigenvalue weighted by atomic mass is 9.98. The van der Waals surface area contributed by atoms with Gasteiger partial charge < -0.3 is 10.6 Å². The molecule has 2 heteroatoms. The standard InChI is InChI=1S/C13H20N2/c1-2-15-9-3-4-12-6-5-11(7-8-14)10-13(12)15/h5-6,10H,2-4,7-9,14H2,1H3. The van der Waals surface area contributed by atoms with Crippen molar-refractivity contribution in [3.05, 3.63) is 29.3 Å². The van der Waals surface area contributed by atoms with Gasteiger partial charge in [-0.1, -0.05) is 12.1 Å². The van der Waals surface area contributed by atoms with E-state index < -0.39 is 0 Å². The second kappa shape index (κ2) is 4.67. The molecule has 0 spiro atoms. The first-order valence-electron chi connectivity index (χ1n) is 5.92. The topological polar surface area (TPSA) is 29.3 Å². The van der Waals surface area contributed by atoms with Crippen molar-refractivity contribution in [3.63, 3.8) is 0 Å². The smallest absolute Gasteiger partial charge is 0.0401 e. The number of hydrogen-bond acceptors (Lipinski definition) is 2. The summed E-state index contributed by atoms with van der Waals surface area (Å²) in [6.45, 7) is 5.28. The minimum Gasteiger partial charge on any atom is -0.372 e. The molecule has 0 unspecified atom stereocenters. The Bertz CT molecular complexity index is 333. The lowest BCUT2D eigenvalue weighted by molar-refractivity contribution is 0.706. The van der Waals surface area contributed by atoms with Crippen LogP contribution in [0.1, 0.15) is 24.5 Å². The molecule has 0 aromatic heterocycles. The van der Waals surface area contributed by atoms with Gasteiger partial charge in [0, 0.05) is 18.8 Å². The van der Waals surface area contributed by atoms with Crippen LogP contribution in [0.3, 0.4) is 0 Å². The molecule has 2 nitrogen and oxygen atoms in total. The Morgan fingerprint density at radius 1 is 1.40 bits per heavy atom. The van der Waals surface area contributed by atoms with E-state index in [-0.39, 0.29) is 0 Å². The first-order chi connectivity index (χ1) is 7.35. The molecule has 0 saturated heterocycles. The van der Waals surface area contributed by atoms with Crippen molar-refractivity contribution < 1.29 is 0 Å². The normalized spacial score (nSPS) is 15.2. The van der Waals surface area contributed by atoms with Crippen LogP contribution in [0.5, 0.6) is 0 Å². The largest absolute Gasteiger partial charge is 0.372 e. The molecule has 1 aliphatic heterocycles. The number of nitrogens with zero attached hydrogens (tertiary/aromatic N) is 1. The van der Waals surface area contributed by atoms with Gasteiger partial charge in [0.15, 0.2) is 0 Å². The van der Waals surface area contributed by atoms with Crippen LogP contribution in [-0.2, 0) is 12.8 Å². The summed E-state index contributed by atoms with van der Waals surface area (Å²) in [6, 6.07) is 6.83. The van der Waals surface area contributed by atoms with Gasteiger partial charge in [-0.2, -0.15) is 0 Å². The molecular formula is C13H20N2. The van der Waals surface area contributed by atoms with Crippen molar-refractivity contribution >= 4 is 5.69 Å². The summed E-state index contributed by atoms with van der Waals surface area (Å²) >= 11 is 0. The van der Waals surface area contributed by atoms with E-state index in [0.29, 0.717) is 0 Å². The van der Waals surface area contributed by atoms with Crippen LogP contribution >= 0.6 is 0 Å². The Kier molecular flexibility index (Phi) is 3.27. The zero-order valence-electron chi connectivity index (χ0n) is 9.50. The summed E-state index contributed by atoms with van der Waals surface area (Å²) in [7, 11) is 0. The van der Waals surface area contributed by atoms with Crippen molar-refractivity contribution in [2.75, 3.05) is 24.5 Å². The van der Waals surface area contributed by atoms with E-state index in [1.54, 1.807) is 0 Å². The summed E-state index contributed by atoms with van der Waals surface area (Å²) in [5, 5.41) is 0. The summed E-state index contributed by atoms with van der Waals surface area (Å²) < 4.78 is 0. The molecule has 0 aliphatic carbocycles. The highest BCUT2D eigenvalue weighted by atomic mass is 15.1. The highest BCUT2D eigenvalue weighted by molar-refractivity contribution is 5.57. The van der Waals surface area contributed by atoms with Gasteiger partial charge in [-0.25, -0.2) is 0 Å². The zero-order chi connectivity index (χ0) is 10.7. The number of fused-ring (bicyclic) bond motifs is 1. The van der Waals surface area contributed by atoms with E-state index in [0.717, 1.165) is 19.5 Å². The third kappa shape index (κ3) is 2.15. The maximum Gasteiger partial charge on any atom is 0.0401 e. The average Bonchev–Trinajstić information content (AvgIpc) is 2.28. The summed E-state index contributed by atoms with van der Waals surface area (Å²) in [6.07, 6.45) is 3.51. The van der Waals surface area contributed by atoms with Gasteiger partial charge in [-0.05, 0) is 49.9 Å². The van der Waals surface area contributed by atoms with Gasteiger partial charge in [0.1, 0.15) is 0 Å². The van der Waals surface area contributed by atoms with Crippen molar-refractivity contribution in [1.29, 1.82) is 0 Å². The van der Waals surface area contributed by atoms with Crippen molar-refractivity contribution in [3.8, 4) is 0 Å². The van der Waals surface area contributed by atoms with Crippen LogP contribution < -0.4 is 10.6 Å². The average molecular weight is 204 g/mol. The quantitative estimate of drug-likeness (QED) is 0.815. The molecule has 1 heterocycles. The Morgan fingerprint density at radius 3 is 3.00 bits per heavy atom. The van der Waals surface area contributed by atoms with E-state index in [1.165, 1.54) is 36.2 Å². The number of benzene rings is 1. The monoisotopic (exact) mass is 204 g/mol. The molecule has 0 fully saturated rings. The van der Waals surface area contributed by atoms with Crippen molar-refractivity contribution in [2.24, 2.45) is 5.73 Å². The second-order valence-corrected chi connectivity index (χ2v) is 4.18. The number of nitrogens with two attached hydrogens (primary N) is 1. The van der Waals surface area contributed by atoms with Crippen molar-refractivity contribution in [1.82, 2.24) is 0 Å². The van der Waals surface area contributed by atoms with Gasteiger partial charge in [0.25, 0.3) is 0 Å². The Morgan fingerprint density at radius 2 is 2.27 bits per heavy atom. The molecule has 2 N–H and O–H groups in total. The molecule has 2 rings (SSSR count). The molecule has 1 aromatic carbocycles. The maximum atomic E-state index is 5.59. The van der Waals surface area contributed by atoms with E-state index in [1.807, 2.05) is 0 Å². The fraction of sp³-hybridized carbons (Fsp3) is 0.538. The molecular weight excluding hydrogens is 184 g/mol. The Hall–Kier alpha value is -1.02. The summed E-state index contributed by atoms with van der Waals surface area (Å²) in [4.78, 5) is 2.47. The van der Waals surface area contributed by atoms with Crippen LogP contribution in [0.2, 0.25) is 0 Å². The molecule has 15 heavy (non-hydrogen) atoms. The molecule has 1 aliphatic rings. The SMILES string of the molecule is CCN1CCCc2ccc(CCN)cc21.